The van der Waals surface area contributed by atoms with Crippen molar-refractivity contribution in [3.8, 4) is 0 Å². The zero-order chi connectivity index (χ0) is 17.5. The van der Waals surface area contributed by atoms with E-state index < -0.39 is 34.5 Å². The van der Waals surface area contributed by atoms with Gasteiger partial charge in [-0.3, -0.25) is 13.8 Å². The highest BCUT2D eigenvalue weighted by molar-refractivity contribution is 7.84. The third kappa shape index (κ3) is 5.27. The van der Waals surface area contributed by atoms with Crippen LogP contribution in [0.3, 0.4) is 0 Å². The molecule has 0 spiro atoms. The molecule has 2 atom stereocenters. The molecule has 0 saturated carbocycles. The Morgan fingerprint density at radius 2 is 1.79 bits per heavy atom. The van der Waals surface area contributed by atoms with Crippen LogP contribution in [0.25, 0.3) is 0 Å². The summed E-state index contributed by atoms with van der Waals surface area (Å²) in [6.45, 7) is 0. The van der Waals surface area contributed by atoms with Crippen molar-refractivity contribution in [2.24, 2.45) is 0 Å². The van der Waals surface area contributed by atoms with E-state index in [4.69, 9.17) is 0 Å². The molecule has 7 heteroatoms. The first kappa shape index (κ1) is 17.8. The van der Waals surface area contributed by atoms with E-state index in [0.29, 0.717) is 0 Å². The molecule has 0 aliphatic heterocycles. The Bertz CT molecular complexity index is 753. The van der Waals surface area contributed by atoms with Crippen LogP contribution in [0.1, 0.15) is 11.6 Å². The fourth-order valence-corrected chi connectivity index (χ4v) is 2.86. The molecular formula is C17H17FN2O3S. The van der Waals surface area contributed by atoms with Gasteiger partial charge < -0.3 is 10.6 Å². The van der Waals surface area contributed by atoms with Crippen molar-refractivity contribution in [3.05, 3.63) is 66.0 Å². The van der Waals surface area contributed by atoms with Crippen LogP contribution in [0, 0.1) is 5.82 Å². The van der Waals surface area contributed by atoms with E-state index in [2.05, 4.69) is 10.6 Å². The second kappa shape index (κ2) is 8.35. The number of benzene rings is 2. The van der Waals surface area contributed by atoms with Crippen molar-refractivity contribution in [1.29, 1.82) is 0 Å². The number of carbonyl (C=O) groups is 2. The molecule has 24 heavy (non-hydrogen) atoms. The molecule has 0 bridgehead atoms. The van der Waals surface area contributed by atoms with Gasteiger partial charge in [0, 0.05) is 28.5 Å². The molecule has 0 aliphatic carbocycles. The number of nitrogens with one attached hydrogen (secondary N) is 2. The Kier molecular flexibility index (Phi) is 6.20. The first-order valence-electron chi connectivity index (χ1n) is 7.18. The largest absolute Gasteiger partial charge is 0.340 e. The Morgan fingerprint density at radius 1 is 1.08 bits per heavy atom. The highest BCUT2D eigenvalue weighted by atomic mass is 32.2. The van der Waals surface area contributed by atoms with E-state index in [-0.39, 0.29) is 11.4 Å². The van der Waals surface area contributed by atoms with Gasteiger partial charge in [-0.15, -0.1) is 0 Å². The standard InChI is InChI=1S/C17H17FN2O3S/c1-24(23)11-15(12-6-3-2-4-7-12)20-17(22)16(21)19-14-9-5-8-13(18)10-14/h2-10,15H,11H2,1H3,(H,19,21)(H,20,22). The molecule has 2 amide bonds. The average molecular weight is 348 g/mol. The van der Waals surface area contributed by atoms with Gasteiger partial charge in [0.1, 0.15) is 5.82 Å². The topological polar surface area (TPSA) is 75.3 Å². The van der Waals surface area contributed by atoms with Crippen LogP contribution in [0.15, 0.2) is 54.6 Å². The second-order valence-corrected chi connectivity index (χ2v) is 6.62. The fourth-order valence-electron chi connectivity index (χ4n) is 2.12. The molecule has 0 radical (unpaired) electrons. The molecule has 2 rings (SSSR count). The average Bonchev–Trinajstić information content (AvgIpc) is 2.54. The van der Waals surface area contributed by atoms with E-state index in [1.54, 1.807) is 24.3 Å². The van der Waals surface area contributed by atoms with Crippen LogP contribution in [-0.2, 0) is 20.4 Å². The summed E-state index contributed by atoms with van der Waals surface area (Å²) < 4.78 is 24.6. The zero-order valence-electron chi connectivity index (χ0n) is 13.0. The molecule has 126 valence electrons. The third-order valence-electron chi connectivity index (χ3n) is 3.20. The van der Waals surface area contributed by atoms with Crippen molar-refractivity contribution < 1.29 is 18.2 Å². The minimum Gasteiger partial charge on any atom is -0.340 e. The maximum absolute atomic E-state index is 13.1. The van der Waals surface area contributed by atoms with Gasteiger partial charge in [-0.1, -0.05) is 36.4 Å². The summed E-state index contributed by atoms with van der Waals surface area (Å²) in [5.74, 6) is -2.12. The highest BCUT2D eigenvalue weighted by Gasteiger charge is 2.21. The quantitative estimate of drug-likeness (QED) is 0.812. The predicted octanol–water partition coefficient (Wildman–Crippen LogP) is 2.00. The van der Waals surface area contributed by atoms with Crippen molar-refractivity contribution in [3.63, 3.8) is 0 Å². The van der Waals surface area contributed by atoms with Gasteiger partial charge >= 0.3 is 11.8 Å². The summed E-state index contributed by atoms with van der Waals surface area (Å²) >= 11 is 0. The number of hydrogen-bond donors (Lipinski definition) is 2. The lowest BCUT2D eigenvalue weighted by molar-refractivity contribution is -0.136. The molecule has 5 nitrogen and oxygen atoms in total. The summed E-state index contributed by atoms with van der Waals surface area (Å²) in [5, 5.41) is 4.89. The maximum atomic E-state index is 13.1. The first-order valence-corrected chi connectivity index (χ1v) is 8.91. The summed E-state index contributed by atoms with van der Waals surface area (Å²) in [4.78, 5) is 24.0. The van der Waals surface area contributed by atoms with E-state index >= 15 is 0 Å². The van der Waals surface area contributed by atoms with Gasteiger partial charge in [0.05, 0.1) is 6.04 Å². The molecule has 0 aromatic heterocycles. The highest BCUT2D eigenvalue weighted by Crippen LogP contribution is 2.14. The molecule has 0 fully saturated rings. The summed E-state index contributed by atoms with van der Waals surface area (Å²) in [6, 6.07) is 13.7. The second-order valence-electron chi connectivity index (χ2n) is 5.14. The Morgan fingerprint density at radius 3 is 2.42 bits per heavy atom. The van der Waals surface area contributed by atoms with Crippen molar-refractivity contribution >= 4 is 28.3 Å². The summed E-state index contributed by atoms with van der Waals surface area (Å²) in [7, 11) is -1.16. The lowest BCUT2D eigenvalue weighted by Crippen LogP contribution is -2.39. The molecule has 2 aromatic carbocycles. The summed E-state index contributed by atoms with van der Waals surface area (Å²) in [6.07, 6.45) is 1.52. The Balaban J connectivity index is 2.06. The molecule has 0 saturated heterocycles. The lowest BCUT2D eigenvalue weighted by Gasteiger charge is -2.18. The number of anilines is 1. The van der Waals surface area contributed by atoms with E-state index in [0.717, 1.165) is 11.6 Å². The minimum absolute atomic E-state index is 0.184. The van der Waals surface area contributed by atoms with Crippen molar-refractivity contribution in [1.82, 2.24) is 5.32 Å². The van der Waals surface area contributed by atoms with Crippen LogP contribution in [-0.4, -0.2) is 28.0 Å². The number of amides is 2. The van der Waals surface area contributed by atoms with E-state index in [9.17, 15) is 18.2 Å². The van der Waals surface area contributed by atoms with Gasteiger partial charge in [0.2, 0.25) is 0 Å². The van der Waals surface area contributed by atoms with Crippen LogP contribution in [0.5, 0.6) is 0 Å². The van der Waals surface area contributed by atoms with E-state index in [1.807, 2.05) is 6.07 Å². The van der Waals surface area contributed by atoms with E-state index in [1.165, 1.54) is 24.5 Å². The van der Waals surface area contributed by atoms with Gasteiger partial charge in [0.25, 0.3) is 0 Å². The Hall–Kier alpha value is -2.54. The van der Waals surface area contributed by atoms with Crippen molar-refractivity contribution in [2.45, 2.75) is 6.04 Å². The van der Waals surface area contributed by atoms with Crippen LogP contribution >= 0.6 is 0 Å². The normalized spacial score (nSPS) is 12.9. The van der Waals surface area contributed by atoms with Gasteiger partial charge in [0.15, 0.2) is 0 Å². The SMILES string of the molecule is CS(=O)CC(NC(=O)C(=O)Nc1cccc(F)c1)c1ccccc1. The van der Waals surface area contributed by atoms with Crippen LogP contribution in [0.2, 0.25) is 0 Å². The number of rotatable bonds is 5. The number of carbonyl (C=O) groups excluding carboxylic acids is 2. The van der Waals surface area contributed by atoms with Crippen LogP contribution < -0.4 is 10.6 Å². The predicted molar refractivity (Wildman–Crippen MR) is 91.3 cm³/mol. The monoisotopic (exact) mass is 348 g/mol. The molecule has 2 unspecified atom stereocenters. The van der Waals surface area contributed by atoms with Gasteiger partial charge in [-0.05, 0) is 23.8 Å². The number of halogens is 1. The molecule has 2 N–H and O–H groups in total. The lowest BCUT2D eigenvalue weighted by atomic mass is 10.1. The van der Waals surface area contributed by atoms with Gasteiger partial charge in [-0.2, -0.15) is 0 Å². The molecule has 2 aromatic rings. The first-order chi connectivity index (χ1) is 11.5. The minimum atomic E-state index is -1.16. The number of hydrogen-bond acceptors (Lipinski definition) is 3. The Labute approximate surface area is 141 Å². The third-order valence-corrected chi connectivity index (χ3v) is 4.00. The zero-order valence-corrected chi connectivity index (χ0v) is 13.8. The van der Waals surface area contributed by atoms with Gasteiger partial charge in [-0.25, -0.2) is 4.39 Å². The molecule has 0 heterocycles. The molecular weight excluding hydrogens is 331 g/mol. The molecule has 0 aliphatic rings. The fraction of sp³-hybridized carbons (Fsp3) is 0.176. The summed E-state index contributed by atoms with van der Waals surface area (Å²) in [5.41, 5.74) is 0.935. The smallest absolute Gasteiger partial charge is 0.313 e. The van der Waals surface area contributed by atoms with Crippen molar-refractivity contribution in [2.75, 3.05) is 17.3 Å². The van der Waals surface area contributed by atoms with Crippen LogP contribution in [0.4, 0.5) is 10.1 Å². The maximum Gasteiger partial charge on any atom is 0.313 e.